The van der Waals surface area contributed by atoms with Gasteiger partial charge in [-0.2, -0.15) is 0 Å². The van der Waals surface area contributed by atoms with Crippen LogP contribution in [-0.4, -0.2) is 15.0 Å². The molecule has 4 nitrogen and oxygen atoms in total. The topological polar surface area (TPSA) is 50.6 Å². The molecular weight excluding hydrogens is 705 g/mol. The van der Waals surface area contributed by atoms with Gasteiger partial charge in [0.1, 0.15) is 0 Å². The molecule has 0 saturated carbocycles. The van der Waals surface area contributed by atoms with Crippen molar-refractivity contribution in [2.75, 3.05) is 4.90 Å². The monoisotopic (exact) mass is 740 g/mol. The lowest BCUT2D eigenvalue weighted by atomic mass is 9.91. The molecule has 9 aromatic carbocycles. The van der Waals surface area contributed by atoms with E-state index in [0.717, 1.165) is 61.3 Å². The van der Waals surface area contributed by atoms with Gasteiger partial charge in [0.25, 0.3) is 0 Å². The molecule has 4 heteroatoms. The van der Waals surface area contributed by atoms with Gasteiger partial charge in [-0.3, -0.25) is 0 Å². The summed E-state index contributed by atoms with van der Waals surface area (Å²) < 4.78 is 0. The zero-order chi connectivity index (χ0) is 38.2. The molecule has 0 amide bonds. The van der Waals surface area contributed by atoms with Crippen LogP contribution in [-0.2, 0) is 0 Å². The summed E-state index contributed by atoms with van der Waals surface area (Å²) in [7, 11) is 0. The van der Waals surface area contributed by atoms with Crippen LogP contribution in [0.3, 0.4) is 0 Å². The van der Waals surface area contributed by atoms with Crippen LogP contribution in [0.5, 0.6) is 0 Å². The molecule has 12 rings (SSSR count). The van der Waals surface area contributed by atoms with Crippen LogP contribution in [0.25, 0.3) is 98.8 Å². The molecule has 58 heavy (non-hydrogen) atoms. The maximum atomic E-state index is 3.81. The Balaban J connectivity index is 1.06. The third-order valence-electron chi connectivity index (χ3n) is 11.9. The molecular formula is C54H36N4. The molecule has 3 N–H and O–H groups in total. The number of anilines is 3. The van der Waals surface area contributed by atoms with Crippen molar-refractivity contribution < 1.29 is 0 Å². The van der Waals surface area contributed by atoms with E-state index in [1.807, 2.05) is 0 Å². The number of fused-ring (bicyclic) bond motifs is 9. The van der Waals surface area contributed by atoms with E-state index in [1.54, 1.807) is 0 Å². The fourth-order valence-electron chi connectivity index (χ4n) is 9.25. The standard InChI is InChI=1S/C54H36N4/c1-2-13-35(14-3-1)58(36-29-27-34(28-30-36)38-18-10-20-44-40-15-4-7-24-49(40)55-52(38)44)37-31-32-39(43-19-11-21-45-41-16-5-8-25-50(41)56-53(43)45)48(33-37)47-23-12-22-46-42-17-6-9-26-51(42)57-54(46)47/h1-33,55-57H. The highest BCUT2D eigenvalue weighted by Gasteiger charge is 2.21. The highest BCUT2D eigenvalue weighted by molar-refractivity contribution is 6.16. The quantitative estimate of drug-likeness (QED) is 0.156. The first kappa shape index (κ1) is 32.4. The van der Waals surface area contributed by atoms with Crippen molar-refractivity contribution >= 4 is 82.5 Å². The SMILES string of the molecule is c1ccc(N(c2ccc(-c3cccc4c3[nH]c3ccccc34)cc2)c2ccc(-c3cccc4c3[nH]c3ccccc34)c(-c3cccc4c3[nH]c3ccccc34)c2)cc1. The fourth-order valence-corrected chi connectivity index (χ4v) is 9.25. The summed E-state index contributed by atoms with van der Waals surface area (Å²) >= 11 is 0. The number of nitrogens with zero attached hydrogens (tertiary/aromatic N) is 1. The Kier molecular flexibility index (Phi) is 7.20. The number of aromatic nitrogens is 3. The molecule has 0 aliphatic heterocycles. The Morgan fingerprint density at radius 2 is 0.672 bits per heavy atom. The number of aromatic amines is 3. The molecule has 12 aromatic rings. The maximum absolute atomic E-state index is 3.81. The maximum Gasteiger partial charge on any atom is 0.0544 e. The molecule has 0 aliphatic carbocycles. The smallest absolute Gasteiger partial charge is 0.0544 e. The first-order chi connectivity index (χ1) is 28.8. The summed E-state index contributed by atoms with van der Waals surface area (Å²) in [6.07, 6.45) is 0. The summed E-state index contributed by atoms with van der Waals surface area (Å²) in [5.74, 6) is 0. The number of H-pyrrole nitrogens is 3. The Morgan fingerprint density at radius 3 is 1.22 bits per heavy atom. The number of rotatable bonds is 6. The van der Waals surface area contributed by atoms with Crippen molar-refractivity contribution in [1.82, 2.24) is 15.0 Å². The first-order valence-corrected chi connectivity index (χ1v) is 19.9. The van der Waals surface area contributed by atoms with Crippen molar-refractivity contribution in [3.05, 3.63) is 200 Å². The number of hydrogen-bond donors (Lipinski definition) is 3. The summed E-state index contributed by atoms with van der Waals surface area (Å²) in [5, 5.41) is 7.38. The lowest BCUT2D eigenvalue weighted by molar-refractivity contribution is 1.28. The Bertz CT molecular complexity index is 3510. The molecule has 0 unspecified atom stereocenters. The Morgan fingerprint density at radius 1 is 0.259 bits per heavy atom. The largest absolute Gasteiger partial charge is 0.354 e. The molecule has 0 radical (unpaired) electrons. The minimum absolute atomic E-state index is 1.08. The molecule has 0 spiro atoms. The molecule has 3 heterocycles. The van der Waals surface area contributed by atoms with Gasteiger partial charge < -0.3 is 19.9 Å². The van der Waals surface area contributed by atoms with Crippen LogP contribution in [0.4, 0.5) is 17.1 Å². The van der Waals surface area contributed by atoms with Gasteiger partial charge in [-0.15, -0.1) is 0 Å². The molecule has 0 fully saturated rings. The van der Waals surface area contributed by atoms with E-state index in [-0.39, 0.29) is 0 Å². The summed E-state index contributed by atoms with van der Waals surface area (Å²) in [6, 6.07) is 72.3. The second-order valence-corrected chi connectivity index (χ2v) is 15.1. The van der Waals surface area contributed by atoms with Gasteiger partial charge in [0.15, 0.2) is 0 Å². The van der Waals surface area contributed by atoms with E-state index < -0.39 is 0 Å². The number of nitrogens with one attached hydrogen (secondary N) is 3. The molecule has 0 aliphatic rings. The van der Waals surface area contributed by atoms with Gasteiger partial charge in [-0.05, 0) is 71.3 Å². The van der Waals surface area contributed by atoms with Gasteiger partial charge in [0, 0.05) is 82.6 Å². The van der Waals surface area contributed by atoms with E-state index >= 15 is 0 Å². The molecule has 272 valence electrons. The summed E-state index contributed by atoms with van der Waals surface area (Å²) in [4.78, 5) is 13.7. The molecule has 0 atom stereocenters. The van der Waals surface area contributed by atoms with Gasteiger partial charge in [-0.25, -0.2) is 0 Å². The lowest BCUT2D eigenvalue weighted by Gasteiger charge is -2.27. The summed E-state index contributed by atoms with van der Waals surface area (Å²) in [5.41, 5.74) is 17.1. The number of benzene rings is 9. The highest BCUT2D eigenvalue weighted by atomic mass is 15.1. The Labute approximate surface area is 334 Å². The number of para-hydroxylation sites is 7. The van der Waals surface area contributed by atoms with Crippen molar-refractivity contribution in [3.8, 4) is 33.4 Å². The lowest BCUT2D eigenvalue weighted by Crippen LogP contribution is -2.10. The molecule has 0 bridgehead atoms. The van der Waals surface area contributed by atoms with Crippen molar-refractivity contribution in [2.24, 2.45) is 0 Å². The van der Waals surface area contributed by atoms with Crippen LogP contribution in [0.1, 0.15) is 0 Å². The third kappa shape index (κ3) is 5.02. The molecule has 0 saturated heterocycles. The minimum atomic E-state index is 1.08. The zero-order valence-electron chi connectivity index (χ0n) is 31.5. The second kappa shape index (κ2) is 12.9. The molecule has 3 aromatic heterocycles. The first-order valence-electron chi connectivity index (χ1n) is 19.9. The van der Waals surface area contributed by atoms with Crippen molar-refractivity contribution in [2.45, 2.75) is 0 Å². The van der Waals surface area contributed by atoms with Crippen LogP contribution >= 0.6 is 0 Å². The van der Waals surface area contributed by atoms with E-state index in [1.165, 1.54) is 54.6 Å². The normalized spacial score (nSPS) is 11.8. The average Bonchev–Trinajstić information content (AvgIpc) is 3.99. The van der Waals surface area contributed by atoms with Crippen LogP contribution in [0, 0.1) is 0 Å². The highest BCUT2D eigenvalue weighted by Crippen LogP contribution is 2.45. The van der Waals surface area contributed by atoms with Crippen LogP contribution in [0.15, 0.2) is 200 Å². The Hall–Kier alpha value is -7.82. The summed E-state index contributed by atoms with van der Waals surface area (Å²) in [6.45, 7) is 0. The predicted octanol–water partition coefficient (Wildman–Crippen LogP) is 15.1. The average molecular weight is 741 g/mol. The zero-order valence-corrected chi connectivity index (χ0v) is 31.5. The van der Waals surface area contributed by atoms with Gasteiger partial charge in [0.2, 0.25) is 0 Å². The van der Waals surface area contributed by atoms with Gasteiger partial charge >= 0.3 is 0 Å². The van der Waals surface area contributed by atoms with E-state index in [4.69, 9.17) is 0 Å². The van der Waals surface area contributed by atoms with E-state index in [9.17, 15) is 0 Å². The minimum Gasteiger partial charge on any atom is -0.354 e. The van der Waals surface area contributed by atoms with Crippen LogP contribution in [0.2, 0.25) is 0 Å². The fraction of sp³-hybridized carbons (Fsp3) is 0. The predicted molar refractivity (Wildman–Crippen MR) is 246 cm³/mol. The van der Waals surface area contributed by atoms with Gasteiger partial charge in [-0.1, -0.05) is 146 Å². The number of hydrogen-bond acceptors (Lipinski definition) is 1. The van der Waals surface area contributed by atoms with Gasteiger partial charge in [0.05, 0.1) is 16.6 Å². The third-order valence-corrected chi connectivity index (χ3v) is 11.9. The van der Waals surface area contributed by atoms with Crippen molar-refractivity contribution in [3.63, 3.8) is 0 Å². The second-order valence-electron chi connectivity index (χ2n) is 15.1. The van der Waals surface area contributed by atoms with Crippen LogP contribution < -0.4 is 4.90 Å². The van der Waals surface area contributed by atoms with E-state index in [2.05, 4.69) is 220 Å². The van der Waals surface area contributed by atoms with Crippen molar-refractivity contribution in [1.29, 1.82) is 0 Å². The van der Waals surface area contributed by atoms with E-state index in [0.29, 0.717) is 0 Å².